The number of benzene rings is 1. The van der Waals surface area contributed by atoms with Crippen molar-refractivity contribution in [1.82, 2.24) is 14.7 Å². The van der Waals surface area contributed by atoms with Crippen LogP contribution >= 0.6 is 0 Å². The molecular formula is C17H22N4O2S. The summed E-state index contributed by atoms with van der Waals surface area (Å²) < 4.78 is 13.5. The molecule has 1 aliphatic heterocycles. The molecule has 2 heterocycles. The van der Waals surface area contributed by atoms with Crippen LogP contribution in [0.1, 0.15) is 19.4 Å². The first-order valence-corrected chi connectivity index (χ1v) is 9.27. The van der Waals surface area contributed by atoms with E-state index in [9.17, 15) is 9.00 Å². The van der Waals surface area contributed by atoms with Crippen molar-refractivity contribution in [3.63, 3.8) is 0 Å². The Morgan fingerprint density at radius 2 is 2.12 bits per heavy atom. The van der Waals surface area contributed by atoms with E-state index in [1.807, 2.05) is 55.1 Å². The third-order valence-corrected chi connectivity index (χ3v) is 6.09. The number of para-hydroxylation sites is 1. The van der Waals surface area contributed by atoms with Crippen molar-refractivity contribution in [3.8, 4) is 0 Å². The van der Waals surface area contributed by atoms with Crippen molar-refractivity contribution in [2.45, 2.75) is 25.1 Å². The van der Waals surface area contributed by atoms with Crippen molar-refractivity contribution in [2.24, 2.45) is 0 Å². The maximum Gasteiger partial charge on any atom is 0.321 e. The molecule has 6 nitrogen and oxygen atoms in total. The van der Waals surface area contributed by atoms with E-state index in [0.29, 0.717) is 25.4 Å². The molecule has 2 amide bonds. The van der Waals surface area contributed by atoms with Crippen LogP contribution in [0.15, 0.2) is 42.7 Å². The van der Waals surface area contributed by atoms with Crippen LogP contribution in [0, 0.1) is 0 Å². The Hall–Kier alpha value is -2.15. The summed E-state index contributed by atoms with van der Waals surface area (Å²) in [5, 5.41) is 7.20. The lowest BCUT2D eigenvalue weighted by Gasteiger charge is -2.37. The van der Waals surface area contributed by atoms with Crippen LogP contribution in [0.25, 0.3) is 0 Å². The molecule has 0 spiro atoms. The van der Waals surface area contributed by atoms with Gasteiger partial charge in [-0.15, -0.1) is 0 Å². The topological polar surface area (TPSA) is 67.2 Å². The van der Waals surface area contributed by atoms with Gasteiger partial charge in [-0.25, -0.2) is 4.79 Å². The van der Waals surface area contributed by atoms with Gasteiger partial charge in [0.15, 0.2) is 0 Å². The molecule has 0 aliphatic carbocycles. The number of nitrogens with zero attached hydrogens (tertiary/aromatic N) is 3. The zero-order chi connectivity index (χ0) is 17.2. The van der Waals surface area contributed by atoms with Gasteiger partial charge in [0.05, 0.1) is 11.3 Å². The highest BCUT2D eigenvalue weighted by Crippen LogP contribution is 2.22. The van der Waals surface area contributed by atoms with E-state index in [4.69, 9.17) is 0 Å². The van der Waals surface area contributed by atoms with Crippen LogP contribution in [0.2, 0.25) is 0 Å². The zero-order valence-corrected chi connectivity index (χ0v) is 14.8. The van der Waals surface area contributed by atoms with E-state index in [2.05, 4.69) is 10.4 Å². The quantitative estimate of drug-likeness (QED) is 0.927. The van der Waals surface area contributed by atoms with Crippen LogP contribution < -0.4 is 5.32 Å². The van der Waals surface area contributed by atoms with E-state index in [-0.39, 0.29) is 10.8 Å². The maximum atomic E-state index is 12.6. The second-order valence-corrected chi connectivity index (χ2v) is 8.73. The fourth-order valence-electron chi connectivity index (χ4n) is 2.80. The molecule has 1 aromatic heterocycles. The molecule has 1 fully saturated rings. The summed E-state index contributed by atoms with van der Waals surface area (Å²) in [4.78, 5) is 14.4. The minimum atomic E-state index is -0.894. The van der Waals surface area contributed by atoms with E-state index >= 15 is 0 Å². The van der Waals surface area contributed by atoms with Crippen molar-refractivity contribution >= 4 is 22.5 Å². The number of aromatic nitrogens is 2. The molecule has 7 heteroatoms. The highest BCUT2D eigenvalue weighted by atomic mass is 32.2. The summed E-state index contributed by atoms with van der Waals surface area (Å²) in [6, 6.07) is 9.44. The van der Waals surface area contributed by atoms with Gasteiger partial charge in [-0.3, -0.25) is 8.89 Å². The van der Waals surface area contributed by atoms with Gasteiger partial charge in [0, 0.05) is 47.7 Å². The number of urea groups is 1. The summed E-state index contributed by atoms with van der Waals surface area (Å²) in [5.41, 5.74) is 1.77. The molecule has 0 radical (unpaired) electrons. The van der Waals surface area contributed by atoms with Gasteiger partial charge in [0.25, 0.3) is 0 Å². The Morgan fingerprint density at radius 3 is 2.83 bits per heavy atom. The highest BCUT2D eigenvalue weighted by molar-refractivity contribution is 7.86. The zero-order valence-electron chi connectivity index (χ0n) is 13.9. The van der Waals surface area contributed by atoms with Gasteiger partial charge >= 0.3 is 6.03 Å². The molecule has 3 rings (SSSR count). The fourth-order valence-corrected chi connectivity index (χ4v) is 4.03. The van der Waals surface area contributed by atoms with E-state index in [0.717, 1.165) is 11.3 Å². The Labute approximate surface area is 144 Å². The second kappa shape index (κ2) is 6.76. The van der Waals surface area contributed by atoms with Crippen molar-refractivity contribution in [3.05, 3.63) is 48.3 Å². The number of carbonyl (C=O) groups excluding carboxylic acids is 1. The molecule has 2 aromatic rings. The Balaban J connectivity index is 1.72. The lowest BCUT2D eigenvalue weighted by Crippen LogP contribution is -2.53. The molecule has 1 aromatic carbocycles. The van der Waals surface area contributed by atoms with Crippen LogP contribution in [-0.4, -0.2) is 48.5 Å². The third kappa shape index (κ3) is 3.67. The summed E-state index contributed by atoms with van der Waals surface area (Å²) in [5.74, 6) is 0.523. The monoisotopic (exact) mass is 346 g/mol. The summed E-state index contributed by atoms with van der Waals surface area (Å²) in [6.45, 7) is 5.48. The molecule has 1 aliphatic rings. The van der Waals surface area contributed by atoms with Gasteiger partial charge < -0.3 is 10.2 Å². The Kier molecular flexibility index (Phi) is 4.71. The minimum absolute atomic E-state index is 0.146. The summed E-state index contributed by atoms with van der Waals surface area (Å²) in [6.07, 6.45) is 3.62. The highest BCUT2D eigenvalue weighted by Gasteiger charge is 2.35. The lowest BCUT2D eigenvalue weighted by molar-refractivity contribution is 0.207. The molecular weight excluding hydrogens is 324 g/mol. The molecule has 1 atom stereocenters. The minimum Gasteiger partial charge on any atom is -0.322 e. The van der Waals surface area contributed by atoms with Gasteiger partial charge in [0.1, 0.15) is 0 Å². The smallest absolute Gasteiger partial charge is 0.321 e. The predicted molar refractivity (Wildman–Crippen MR) is 95.5 cm³/mol. The Morgan fingerprint density at radius 1 is 1.33 bits per heavy atom. The SMILES string of the molecule is CC1(C)CN(C(=O)Nc2ccccc2Cn2cccn2)CC[S@]1=O. The molecule has 1 saturated heterocycles. The molecule has 1 N–H and O–H groups in total. The standard InChI is InChI=1S/C17H22N4O2S/c1-17(2)13-20(10-11-24(17)23)16(22)19-15-7-4-3-6-14(15)12-21-9-5-8-18-21/h3-9H,10-13H2,1-2H3,(H,19,22)/t24-/m1/s1. The molecule has 0 bridgehead atoms. The predicted octanol–water partition coefficient (Wildman–Crippen LogP) is 2.31. The van der Waals surface area contributed by atoms with Crippen LogP contribution in [-0.2, 0) is 17.3 Å². The average Bonchev–Trinajstić information content (AvgIpc) is 3.05. The number of anilines is 1. The number of hydrogen-bond donors (Lipinski definition) is 1. The van der Waals surface area contributed by atoms with Gasteiger partial charge in [-0.1, -0.05) is 18.2 Å². The number of nitrogens with one attached hydrogen (secondary N) is 1. The maximum absolute atomic E-state index is 12.6. The molecule has 24 heavy (non-hydrogen) atoms. The summed E-state index contributed by atoms with van der Waals surface area (Å²) >= 11 is 0. The molecule has 0 unspecified atom stereocenters. The molecule has 0 saturated carbocycles. The number of carbonyl (C=O) groups is 1. The normalized spacial score (nSPS) is 19.9. The number of hydrogen-bond acceptors (Lipinski definition) is 3. The fraction of sp³-hybridized carbons (Fsp3) is 0.412. The van der Waals surface area contributed by atoms with Crippen LogP contribution in [0.3, 0.4) is 0 Å². The first kappa shape index (κ1) is 16.7. The van der Waals surface area contributed by atoms with Crippen molar-refractivity contribution in [2.75, 3.05) is 24.2 Å². The lowest BCUT2D eigenvalue weighted by atomic mass is 10.1. The number of rotatable bonds is 3. The van der Waals surface area contributed by atoms with Gasteiger partial charge in [-0.05, 0) is 31.5 Å². The van der Waals surface area contributed by atoms with Gasteiger partial charge in [-0.2, -0.15) is 5.10 Å². The Bertz CT molecular complexity index is 743. The second-order valence-electron chi connectivity index (χ2n) is 6.52. The average molecular weight is 346 g/mol. The number of amides is 2. The first-order valence-electron chi connectivity index (χ1n) is 7.95. The van der Waals surface area contributed by atoms with E-state index < -0.39 is 10.8 Å². The van der Waals surface area contributed by atoms with Crippen molar-refractivity contribution < 1.29 is 9.00 Å². The van der Waals surface area contributed by atoms with E-state index in [1.54, 1.807) is 11.1 Å². The largest absolute Gasteiger partial charge is 0.322 e. The summed E-state index contributed by atoms with van der Waals surface area (Å²) in [7, 11) is -0.894. The van der Waals surface area contributed by atoms with Gasteiger partial charge in [0.2, 0.25) is 0 Å². The molecule has 128 valence electrons. The van der Waals surface area contributed by atoms with Crippen LogP contribution in [0.5, 0.6) is 0 Å². The third-order valence-electron chi connectivity index (χ3n) is 4.17. The first-order chi connectivity index (χ1) is 11.5. The van der Waals surface area contributed by atoms with E-state index in [1.165, 1.54) is 0 Å². The van der Waals surface area contributed by atoms with Crippen LogP contribution in [0.4, 0.5) is 10.5 Å². The van der Waals surface area contributed by atoms with Crippen molar-refractivity contribution in [1.29, 1.82) is 0 Å².